The highest BCUT2D eigenvalue weighted by molar-refractivity contribution is 7.92. The van der Waals surface area contributed by atoms with E-state index in [0.717, 1.165) is 17.7 Å². The summed E-state index contributed by atoms with van der Waals surface area (Å²) in [5, 5.41) is 3.23. The number of rotatable bonds is 1. The molecule has 0 aromatic heterocycles. The van der Waals surface area contributed by atoms with E-state index >= 15 is 0 Å². The Balaban J connectivity index is 2.05. The molecule has 0 bridgehead atoms. The van der Waals surface area contributed by atoms with Crippen LogP contribution < -0.4 is 10.1 Å². The lowest BCUT2D eigenvalue weighted by Gasteiger charge is -2.33. The van der Waals surface area contributed by atoms with Crippen molar-refractivity contribution in [2.75, 3.05) is 12.9 Å². The first-order valence-corrected chi connectivity index (χ1v) is 8.87. The predicted octanol–water partition coefficient (Wildman–Crippen LogP) is 1.85. The molecule has 3 atom stereocenters. The molecule has 20 heavy (non-hydrogen) atoms. The first-order valence-electron chi connectivity index (χ1n) is 7.15. The van der Waals surface area contributed by atoms with Gasteiger partial charge in [-0.25, -0.2) is 8.42 Å². The molecule has 110 valence electrons. The first-order chi connectivity index (χ1) is 9.51. The van der Waals surface area contributed by atoms with Crippen LogP contribution in [0.15, 0.2) is 18.2 Å². The number of hydrogen-bond donors (Lipinski definition) is 1. The van der Waals surface area contributed by atoms with Gasteiger partial charge in [0.15, 0.2) is 9.84 Å². The molecule has 1 aromatic rings. The highest BCUT2D eigenvalue weighted by Gasteiger charge is 2.40. The number of fused-ring (bicyclic) bond motifs is 3. The van der Waals surface area contributed by atoms with Crippen LogP contribution in [0.1, 0.15) is 36.9 Å². The van der Waals surface area contributed by atoms with Crippen molar-refractivity contribution >= 4 is 9.84 Å². The number of benzene rings is 1. The molecule has 3 rings (SSSR count). The largest absolute Gasteiger partial charge is 0.497 e. The van der Waals surface area contributed by atoms with Gasteiger partial charge in [0.1, 0.15) is 5.75 Å². The van der Waals surface area contributed by atoms with Crippen LogP contribution in [0.5, 0.6) is 5.75 Å². The van der Waals surface area contributed by atoms with Gasteiger partial charge in [0, 0.05) is 12.1 Å². The minimum atomic E-state index is -3.01. The van der Waals surface area contributed by atoms with E-state index in [4.69, 9.17) is 4.74 Å². The average molecular weight is 295 g/mol. The lowest BCUT2D eigenvalue weighted by atomic mass is 9.86. The smallest absolute Gasteiger partial charge is 0.155 e. The van der Waals surface area contributed by atoms with Gasteiger partial charge in [0.2, 0.25) is 0 Å². The average Bonchev–Trinajstić information content (AvgIpc) is 2.55. The zero-order valence-electron chi connectivity index (χ0n) is 11.9. The van der Waals surface area contributed by atoms with Crippen LogP contribution in [0.3, 0.4) is 0 Å². The summed E-state index contributed by atoms with van der Waals surface area (Å²) in [6, 6.07) is 6.13. The number of hydrogen-bond acceptors (Lipinski definition) is 4. The molecular weight excluding hydrogens is 274 g/mol. The molecular formula is C15H21NO3S. The molecule has 1 aliphatic heterocycles. The van der Waals surface area contributed by atoms with Crippen LogP contribution in [-0.4, -0.2) is 32.6 Å². The lowest BCUT2D eigenvalue weighted by molar-refractivity contribution is 0.403. The van der Waals surface area contributed by atoms with Gasteiger partial charge in [-0.3, -0.25) is 0 Å². The van der Waals surface area contributed by atoms with E-state index in [1.54, 1.807) is 7.11 Å². The molecule has 2 aliphatic rings. The Kier molecular flexibility index (Phi) is 3.50. The zero-order valence-corrected chi connectivity index (χ0v) is 12.7. The van der Waals surface area contributed by atoms with Gasteiger partial charge >= 0.3 is 0 Å². The second kappa shape index (κ2) is 5.04. The standard InChI is InChI=1S/C15H21NO3S/c1-10-7-8-20(17,18)14-6-3-11-9-12(19-2)4-5-13(11)15(14)16-10/h4-5,9-10,14-16H,3,6-8H2,1-2H3. The third-order valence-corrected chi connectivity index (χ3v) is 6.75. The molecule has 0 spiro atoms. The number of aryl methyl sites for hydroxylation is 1. The molecule has 1 N–H and O–H groups in total. The molecule has 0 radical (unpaired) electrons. The molecule has 0 amide bonds. The fourth-order valence-corrected chi connectivity index (χ4v) is 5.46. The molecule has 1 fully saturated rings. The predicted molar refractivity (Wildman–Crippen MR) is 78.8 cm³/mol. The van der Waals surface area contributed by atoms with Crippen LogP contribution in [-0.2, 0) is 16.3 Å². The molecule has 1 aromatic carbocycles. The number of ether oxygens (including phenoxy) is 1. The van der Waals surface area contributed by atoms with Crippen molar-refractivity contribution in [2.24, 2.45) is 0 Å². The summed E-state index contributed by atoms with van der Waals surface area (Å²) >= 11 is 0. The van der Waals surface area contributed by atoms with Crippen molar-refractivity contribution < 1.29 is 13.2 Å². The Labute approximate surface area is 120 Å². The molecule has 5 heteroatoms. The van der Waals surface area contributed by atoms with Gasteiger partial charge in [-0.05, 0) is 49.4 Å². The Morgan fingerprint density at radius 2 is 2.10 bits per heavy atom. The fraction of sp³-hybridized carbons (Fsp3) is 0.600. The summed E-state index contributed by atoms with van der Waals surface area (Å²) in [4.78, 5) is 0. The van der Waals surface area contributed by atoms with Gasteiger partial charge < -0.3 is 10.1 Å². The maximum Gasteiger partial charge on any atom is 0.155 e. The Bertz CT molecular complexity index is 612. The van der Waals surface area contributed by atoms with Gasteiger partial charge in [0.05, 0.1) is 18.1 Å². The molecule has 1 saturated heterocycles. The Morgan fingerprint density at radius 3 is 2.85 bits per heavy atom. The monoisotopic (exact) mass is 295 g/mol. The van der Waals surface area contributed by atoms with E-state index in [0.29, 0.717) is 18.6 Å². The maximum atomic E-state index is 12.4. The third-order valence-electron chi connectivity index (χ3n) is 4.52. The van der Waals surface area contributed by atoms with Crippen LogP contribution in [0, 0.1) is 0 Å². The number of nitrogens with one attached hydrogen (secondary N) is 1. The van der Waals surface area contributed by atoms with E-state index in [9.17, 15) is 8.42 Å². The SMILES string of the molecule is COc1ccc2c(c1)CCC1C2NC(C)CCS1(=O)=O. The van der Waals surface area contributed by atoms with E-state index < -0.39 is 9.84 Å². The minimum Gasteiger partial charge on any atom is -0.497 e. The summed E-state index contributed by atoms with van der Waals surface area (Å²) in [5.41, 5.74) is 2.33. The Morgan fingerprint density at radius 1 is 1.30 bits per heavy atom. The summed E-state index contributed by atoms with van der Waals surface area (Å²) in [6.07, 6.45) is 2.21. The van der Waals surface area contributed by atoms with E-state index in [1.165, 1.54) is 5.56 Å². The van der Waals surface area contributed by atoms with Crippen molar-refractivity contribution in [3.05, 3.63) is 29.3 Å². The van der Waals surface area contributed by atoms with Crippen LogP contribution in [0.25, 0.3) is 0 Å². The molecule has 1 heterocycles. The minimum absolute atomic E-state index is 0.0767. The van der Waals surface area contributed by atoms with Gasteiger partial charge in [-0.2, -0.15) is 0 Å². The van der Waals surface area contributed by atoms with Crippen molar-refractivity contribution in [2.45, 2.75) is 43.5 Å². The number of sulfone groups is 1. The zero-order chi connectivity index (χ0) is 14.3. The summed E-state index contributed by atoms with van der Waals surface area (Å²) in [7, 11) is -1.35. The molecule has 0 saturated carbocycles. The highest BCUT2D eigenvalue weighted by Crippen LogP contribution is 2.38. The van der Waals surface area contributed by atoms with E-state index in [-0.39, 0.29) is 17.3 Å². The van der Waals surface area contributed by atoms with Crippen LogP contribution in [0.2, 0.25) is 0 Å². The van der Waals surface area contributed by atoms with Gasteiger partial charge in [0.25, 0.3) is 0 Å². The topological polar surface area (TPSA) is 55.4 Å². The molecule has 3 unspecified atom stereocenters. The van der Waals surface area contributed by atoms with Crippen molar-refractivity contribution in [1.29, 1.82) is 0 Å². The van der Waals surface area contributed by atoms with E-state index in [1.807, 2.05) is 18.2 Å². The second-order valence-corrected chi connectivity index (χ2v) is 8.18. The van der Waals surface area contributed by atoms with E-state index in [2.05, 4.69) is 12.2 Å². The fourth-order valence-electron chi connectivity index (χ4n) is 3.36. The summed E-state index contributed by atoms with van der Waals surface area (Å²) in [5.74, 6) is 1.14. The maximum absolute atomic E-state index is 12.4. The van der Waals surface area contributed by atoms with Crippen molar-refractivity contribution in [1.82, 2.24) is 5.32 Å². The lowest BCUT2D eigenvalue weighted by Crippen LogP contribution is -2.40. The first kappa shape index (κ1) is 13.9. The normalized spacial score (nSPS) is 31.8. The third kappa shape index (κ3) is 2.33. The van der Waals surface area contributed by atoms with Crippen molar-refractivity contribution in [3.8, 4) is 5.75 Å². The van der Waals surface area contributed by atoms with Crippen LogP contribution >= 0.6 is 0 Å². The number of methoxy groups -OCH3 is 1. The summed E-state index contributed by atoms with van der Waals surface area (Å²) < 4.78 is 30.2. The summed E-state index contributed by atoms with van der Waals surface area (Å²) in [6.45, 7) is 2.07. The molecule has 1 aliphatic carbocycles. The molecule has 4 nitrogen and oxygen atoms in total. The quantitative estimate of drug-likeness (QED) is 0.859. The van der Waals surface area contributed by atoms with Gasteiger partial charge in [-0.1, -0.05) is 6.07 Å². The van der Waals surface area contributed by atoms with Crippen molar-refractivity contribution in [3.63, 3.8) is 0 Å². The Hall–Kier alpha value is -1.07. The highest BCUT2D eigenvalue weighted by atomic mass is 32.2. The second-order valence-electron chi connectivity index (χ2n) is 5.84. The van der Waals surface area contributed by atoms with Crippen LogP contribution in [0.4, 0.5) is 0 Å². The van der Waals surface area contributed by atoms with Gasteiger partial charge in [-0.15, -0.1) is 0 Å².